The van der Waals surface area contributed by atoms with Gasteiger partial charge in [-0.1, -0.05) is 42.5 Å². The lowest BCUT2D eigenvalue weighted by molar-refractivity contribution is 0.0310. The fourth-order valence-electron chi connectivity index (χ4n) is 3.31. The summed E-state index contributed by atoms with van der Waals surface area (Å²) in [4.78, 5) is 4.36. The van der Waals surface area contributed by atoms with Crippen molar-refractivity contribution < 1.29 is 5.11 Å². The summed E-state index contributed by atoms with van der Waals surface area (Å²) >= 11 is 0. The van der Waals surface area contributed by atoms with Crippen LogP contribution in [0.2, 0.25) is 0 Å². The molecule has 0 saturated heterocycles. The van der Waals surface area contributed by atoms with E-state index in [1.165, 1.54) is 21.9 Å². The van der Waals surface area contributed by atoms with Crippen molar-refractivity contribution in [3.8, 4) is 0 Å². The number of aromatic nitrogens is 1. The molecule has 0 saturated carbocycles. The summed E-state index contributed by atoms with van der Waals surface area (Å²) in [6.07, 6.45) is 2.99. The Kier molecular flexibility index (Phi) is 2.41. The van der Waals surface area contributed by atoms with Gasteiger partial charge in [0, 0.05) is 19.0 Å². The van der Waals surface area contributed by atoms with E-state index in [0.717, 1.165) is 5.69 Å². The van der Waals surface area contributed by atoms with Gasteiger partial charge < -0.3 is 5.11 Å². The number of rotatable bonds is 1. The third-order valence-electron chi connectivity index (χ3n) is 4.18. The Morgan fingerprint density at radius 2 is 1.55 bits per heavy atom. The molecule has 98 valence electrons. The molecule has 0 radical (unpaired) electrons. The van der Waals surface area contributed by atoms with Gasteiger partial charge in [-0.15, -0.1) is 0 Å². The first-order valence-corrected chi connectivity index (χ1v) is 6.90. The van der Waals surface area contributed by atoms with Crippen LogP contribution in [0.1, 0.15) is 16.8 Å². The van der Waals surface area contributed by atoms with Crippen LogP contribution in [0, 0.1) is 0 Å². The highest BCUT2D eigenvalue weighted by Gasteiger charge is 2.35. The maximum atomic E-state index is 11.1. The van der Waals surface area contributed by atoms with Gasteiger partial charge in [-0.3, -0.25) is 4.98 Å². The van der Waals surface area contributed by atoms with Gasteiger partial charge in [-0.25, -0.2) is 0 Å². The lowest BCUT2D eigenvalue weighted by atomic mass is 9.77. The third kappa shape index (κ3) is 1.65. The topological polar surface area (TPSA) is 33.1 Å². The first-order chi connectivity index (χ1) is 9.76. The van der Waals surface area contributed by atoms with Gasteiger partial charge in [-0.2, -0.15) is 0 Å². The molecular formula is C18H15NO. The lowest BCUT2D eigenvalue weighted by Gasteiger charge is -2.33. The van der Waals surface area contributed by atoms with E-state index in [2.05, 4.69) is 41.4 Å². The summed E-state index contributed by atoms with van der Waals surface area (Å²) in [7, 11) is 0. The Balaban J connectivity index is 1.91. The van der Waals surface area contributed by atoms with Crippen LogP contribution < -0.4 is 0 Å². The molecule has 0 bridgehead atoms. The highest BCUT2D eigenvalue weighted by molar-refractivity contribution is 5.90. The van der Waals surface area contributed by atoms with Crippen molar-refractivity contribution in [3.63, 3.8) is 0 Å². The van der Waals surface area contributed by atoms with Gasteiger partial charge in [0.2, 0.25) is 0 Å². The van der Waals surface area contributed by atoms with Crippen molar-refractivity contribution in [3.05, 3.63) is 77.6 Å². The summed E-state index contributed by atoms with van der Waals surface area (Å²) in [6.45, 7) is 0. The van der Waals surface area contributed by atoms with Crippen LogP contribution in [0.15, 0.2) is 60.8 Å². The number of hydrogen-bond donors (Lipinski definition) is 1. The normalized spacial score (nSPS) is 16.2. The van der Waals surface area contributed by atoms with E-state index < -0.39 is 5.60 Å². The minimum Gasteiger partial charge on any atom is -0.383 e. The monoisotopic (exact) mass is 261 g/mol. The summed E-state index contributed by atoms with van der Waals surface area (Å²) in [5.74, 6) is 0. The van der Waals surface area contributed by atoms with Crippen LogP contribution in [0.4, 0.5) is 0 Å². The van der Waals surface area contributed by atoms with Gasteiger partial charge in [0.15, 0.2) is 0 Å². The van der Waals surface area contributed by atoms with Crippen molar-refractivity contribution >= 4 is 10.8 Å². The van der Waals surface area contributed by atoms with Gasteiger partial charge in [0.25, 0.3) is 0 Å². The van der Waals surface area contributed by atoms with E-state index in [9.17, 15) is 5.11 Å². The molecule has 2 nitrogen and oxygen atoms in total. The first-order valence-electron chi connectivity index (χ1n) is 6.90. The van der Waals surface area contributed by atoms with E-state index in [-0.39, 0.29) is 0 Å². The smallest absolute Gasteiger partial charge is 0.115 e. The zero-order valence-electron chi connectivity index (χ0n) is 11.1. The summed E-state index contributed by atoms with van der Waals surface area (Å²) in [5, 5.41) is 13.6. The molecule has 0 atom stereocenters. The zero-order valence-corrected chi connectivity index (χ0v) is 11.1. The number of nitrogens with zero attached hydrogens (tertiary/aromatic N) is 1. The van der Waals surface area contributed by atoms with Gasteiger partial charge in [-0.05, 0) is 34.0 Å². The Morgan fingerprint density at radius 3 is 2.15 bits per heavy atom. The predicted molar refractivity (Wildman–Crippen MR) is 79.5 cm³/mol. The Hall–Kier alpha value is -2.19. The van der Waals surface area contributed by atoms with Gasteiger partial charge >= 0.3 is 0 Å². The largest absolute Gasteiger partial charge is 0.383 e. The first kappa shape index (κ1) is 11.6. The number of hydrogen-bond acceptors (Lipinski definition) is 2. The highest BCUT2D eigenvalue weighted by atomic mass is 16.3. The van der Waals surface area contributed by atoms with Crippen LogP contribution in [-0.2, 0) is 18.4 Å². The Morgan fingerprint density at radius 1 is 0.850 bits per heavy atom. The standard InChI is InChI=1S/C18H15NO/c20-18(16-9-1-2-10-19-16)11-14-7-3-5-13-6-4-8-15(12-18)17(13)14/h1-10,20H,11-12H2. The average Bonchev–Trinajstić information content (AvgIpc) is 2.48. The molecule has 0 spiro atoms. The molecule has 1 heterocycles. The van der Waals surface area contributed by atoms with Gasteiger partial charge in [0.05, 0.1) is 5.69 Å². The van der Waals surface area contributed by atoms with Crippen LogP contribution in [-0.4, -0.2) is 10.1 Å². The highest BCUT2D eigenvalue weighted by Crippen LogP contribution is 2.38. The second-order valence-corrected chi connectivity index (χ2v) is 5.53. The molecule has 1 N–H and O–H groups in total. The van der Waals surface area contributed by atoms with Crippen molar-refractivity contribution in [1.29, 1.82) is 0 Å². The van der Waals surface area contributed by atoms with E-state index >= 15 is 0 Å². The molecule has 2 heteroatoms. The number of pyridine rings is 1. The van der Waals surface area contributed by atoms with Crippen LogP contribution in [0.5, 0.6) is 0 Å². The SMILES string of the molecule is OC1(c2ccccn2)Cc2cccc3cccc(c23)C1. The molecule has 0 aliphatic heterocycles. The molecule has 0 fully saturated rings. The second-order valence-electron chi connectivity index (χ2n) is 5.53. The molecule has 3 aromatic rings. The quantitative estimate of drug-likeness (QED) is 0.729. The minimum absolute atomic E-state index is 0.623. The Labute approximate surface area is 117 Å². The molecular weight excluding hydrogens is 246 g/mol. The van der Waals surface area contributed by atoms with Crippen molar-refractivity contribution in [2.45, 2.75) is 18.4 Å². The van der Waals surface area contributed by atoms with Crippen molar-refractivity contribution in [2.75, 3.05) is 0 Å². The summed E-state index contributed by atoms with van der Waals surface area (Å²) < 4.78 is 0. The number of benzene rings is 2. The lowest BCUT2D eigenvalue weighted by Crippen LogP contribution is -2.35. The maximum absolute atomic E-state index is 11.1. The Bertz CT molecular complexity index is 739. The molecule has 1 aliphatic carbocycles. The zero-order chi connectivity index (χ0) is 13.6. The van der Waals surface area contributed by atoms with Crippen LogP contribution in [0.3, 0.4) is 0 Å². The summed E-state index contributed by atoms with van der Waals surface area (Å²) in [6, 6.07) is 18.3. The second kappa shape index (κ2) is 4.15. The molecule has 2 aromatic carbocycles. The maximum Gasteiger partial charge on any atom is 0.115 e. The van der Waals surface area contributed by atoms with E-state index in [1.807, 2.05) is 18.2 Å². The fourth-order valence-corrected chi connectivity index (χ4v) is 3.31. The molecule has 1 aliphatic rings. The average molecular weight is 261 g/mol. The van der Waals surface area contributed by atoms with Crippen LogP contribution >= 0.6 is 0 Å². The van der Waals surface area contributed by atoms with E-state index in [1.54, 1.807) is 6.20 Å². The molecule has 0 unspecified atom stereocenters. The van der Waals surface area contributed by atoms with Crippen LogP contribution in [0.25, 0.3) is 10.8 Å². The van der Waals surface area contributed by atoms with Crippen molar-refractivity contribution in [1.82, 2.24) is 4.98 Å². The molecule has 0 amide bonds. The van der Waals surface area contributed by atoms with Gasteiger partial charge in [0.1, 0.15) is 5.60 Å². The minimum atomic E-state index is -0.899. The fraction of sp³-hybridized carbons (Fsp3) is 0.167. The predicted octanol–water partition coefficient (Wildman–Crippen LogP) is 3.22. The van der Waals surface area contributed by atoms with E-state index in [4.69, 9.17) is 0 Å². The van der Waals surface area contributed by atoms with Crippen molar-refractivity contribution in [2.24, 2.45) is 0 Å². The molecule has 4 rings (SSSR count). The summed E-state index contributed by atoms with van der Waals surface area (Å²) in [5.41, 5.74) is 2.27. The number of aliphatic hydroxyl groups is 1. The molecule has 20 heavy (non-hydrogen) atoms. The van der Waals surface area contributed by atoms with E-state index in [0.29, 0.717) is 12.8 Å². The third-order valence-corrected chi connectivity index (χ3v) is 4.18. The molecule has 1 aromatic heterocycles.